The molecular weight excluding hydrogens is 238 g/mol. The molecule has 0 saturated heterocycles. The second kappa shape index (κ2) is 6.24. The molecule has 2 unspecified atom stereocenters. The molecule has 2 amide bonds. The molecular formula is C11H17N3O2S. The lowest BCUT2D eigenvalue weighted by Crippen LogP contribution is -2.39. The van der Waals surface area contributed by atoms with Crippen molar-refractivity contribution in [2.45, 2.75) is 13.0 Å². The molecule has 1 aromatic rings. The zero-order chi connectivity index (χ0) is 12.8. The zero-order valence-corrected chi connectivity index (χ0v) is 10.7. The van der Waals surface area contributed by atoms with Crippen LogP contribution in [-0.2, 0) is 10.8 Å². The first-order valence-electron chi connectivity index (χ1n) is 5.20. The van der Waals surface area contributed by atoms with Crippen molar-refractivity contribution < 1.29 is 9.00 Å². The van der Waals surface area contributed by atoms with Crippen LogP contribution in [0.3, 0.4) is 0 Å². The van der Waals surface area contributed by atoms with Gasteiger partial charge in [-0.05, 0) is 25.1 Å². The van der Waals surface area contributed by atoms with Crippen LogP contribution in [0.4, 0.5) is 16.2 Å². The Morgan fingerprint density at radius 3 is 2.82 bits per heavy atom. The van der Waals surface area contributed by atoms with Crippen LogP contribution < -0.4 is 16.4 Å². The number of hydrogen-bond donors (Lipinski definition) is 3. The van der Waals surface area contributed by atoms with Gasteiger partial charge in [0, 0.05) is 40.2 Å². The van der Waals surface area contributed by atoms with Gasteiger partial charge in [-0.25, -0.2) is 4.79 Å². The van der Waals surface area contributed by atoms with Crippen molar-refractivity contribution in [2.75, 3.05) is 23.1 Å². The fourth-order valence-corrected chi connectivity index (χ4v) is 2.19. The highest BCUT2D eigenvalue weighted by atomic mass is 32.2. The average molecular weight is 255 g/mol. The summed E-state index contributed by atoms with van der Waals surface area (Å²) in [5.41, 5.74) is 6.81. The summed E-state index contributed by atoms with van der Waals surface area (Å²) in [5, 5.41) is 5.35. The lowest BCUT2D eigenvalue weighted by Gasteiger charge is -2.13. The maximum atomic E-state index is 11.6. The van der Waals surface area contributed by atoms with E-state index in [2.05, 4.69) is 10.6 Å². The number of nitrogen functional groups attached to an aromatic ring is 1. The molecule has 0 aliphatic carbocycles. The Kier molecular flexibility index (Phi) is 4.96. The number of amides is 2. The van der Waals surface area contributed by atoms with Gasteiger partial charge in [-0.15, -0.1) is 0 Å². The van der Waals surface area contributed by atoms with E-state index in [4.69, 9.17) is 5.73 Å². The zero-order valence-electron chi connectivity index (χ0n) is 9.90. The number of carbonyl (C=O) groups excluding carboxylic acids is 1. The Morgan fingerprint density at radius 1 is 1.53 bits per heavy atom. The Hall–Kier alpha value is -1.56. The van der Waals surface area contributed by atoms with Gasteiger partial charge in [-0.1, -0.05) is 6.07 Å². The third kappa shape index (κ3) is 5.35. The third-order valence-corrected chi connectivity index (χ3v) is 2.98. The van der Waals surface area contributed by atoms with Crippen LogP contribution in [-0.4, -0.2) is 28.3 Å². The third-order valence-electron chi connectivity index (χ3n) is 2.01. The monoisotopic (exact) mass is 255 g/mol. The molecule has 0 aromatic heterocycles. The molecule has 0 radical (unpaired) electrons. The lowest BCUT2D eigenvalue weighted by molar-refractivity contribution is 0.250. The fourth-order valence-electron chi connectivity index (χ4n) is 1.40. The molecule has 2 atom stereocenters. The van der Waals surface area contributed by atoms with E-state index >= 15 is 0 Å². The SMILES string of the molecule is CC(CS(C)=O)NC(=O)Nc1cccc(N)c1. The van der Waals surface area contributed by atoms with Crippen LogP contribution in [0.5, 0.6) is 0 Å². The second-order valence-corrected chi connectivity index (χ2v) is 5.34. The Labute approximate surface area is 103 Å². The standard InChI is InChI=1S/C11H17N3O2S/c1-8(7-17(2)16)13-11(15)14-10-5-3-4-9(12)6-10/h3-6,8H,7,12H2,1-2H3,(H2,13,14,15). The van der Waals surface area contributed by atoms with Crippen LogP contribution >= 0.6 is 0 Å². The summed E-state index contributed by atoms with van der Waals surface area (Å²) in [6.45, 7) is 1.81. The average Bonchev–Trinajstić information content (AvgIpc) is 2.14. The van der Waals surface area contributed by atoms with Crippen molar-refractivity contribution in [2.24, 2.45) is 0 Å². The summed E-state index contributed by atoms with van der Waals surface area (Å²) >= 11 is 0. The maximum absolute atomic E-state index is 11.6. The molecule has 4 N–H and O–H groups in total. The highest BCUT2D eigenvalue weighted by molar-refractivity contribution is 7.84. The van der Waals surface area contributed by atoms with Gasteiger partial charge >= 0.3 is 6.03 Å². The van der Waals surface area contributed by atoms with E-state index < -0.39 is 10.8 Å². The topological polar surface area (TPSA) is 84.2 Å². The number of benzene rings is 1. The molecule has 1 rings (SSSR count). The van der Waals surface area contributed by atoms with Crippen LogP contribution in [0, 0.1) is 0 Å². The normalized spacial score (nSPS) is 13.8. The molecule has 6 heteroatoms. The van der Waals surface area contributed by atoms with E-state index in [1.807, 2.05) is 0 Å². The lowest BCUT2D eigenvalue weighted by atomic mass is 10.3. The van der Waals surface area contributed by atoms with Crippen molar-refractivity contribution in [3.05, 3.63) is 24.3 Å². The molecule has 94 valence electrons. The van der Waals surface area contributed by atoms with Gasteiger partial charge in [-0.3, -0.25) is 4.21 Å². The van der Waals surface area contributed by atoms with Gasteiger partial charge in [0.1, 0.15) is 0 Å². The summed E-state index contributed by atoms with van der Waals surface area (Å²) in [4.78, 5) is 11.6. The summed E-state index contributed by atoms with van der Waals surface area (Å²) in [7, 11) is -0.925. The Morgan fingerprint density at radius 2 is 2.24 bits per heavy atom. The largest absolute Gasteiger partial charge is 0.399 e. The maximum Gasteiger partial charge on any atom is 0.319 e. The molecule has 17 heavy (non-hydrogen) atoms. The number of hydrogen-bond acceptors (Lipinski definition) is 3. The van der Waals surface area contributed by atoms with Crippen LogP contribution in [0.1, 0.15) is 6.92 Å². The van der Waals surface area contributed by atoms with E-state index in [-0.39, 0.29) is 12.1 Å². The Balaban J connectivity index is 2.47. The minimum atomic E-state index is -0.925. The minimum Gasteiger partial charge on any atom is -0.399 e. The minimum absolute atomic E-state index is 0.137. The molecule has 1 aromatic carbocycles. The summed E-state index contributed by atoms with van der Waals surface area (Å²) in [6, 6.07) is 6.46. The van der Waals surface area contributed by atoms with E-state index in [1.54, 1.807) is 37.4 Å². The van der Waals surface area contributed by atoms with Gasteiger partial charge in [0.2, 0.25) is 0 Å². The highest BCUT2D eigenvalue weighted by Gasteiger charge is 2.08. The fraction of sp³-hybridized carbons (Fsp3) is 0.364. The molecule has 0 aliphatic rings. The molecule has 0 spiro atoms. The van der Waals surface area contributed by atoms with Gasteiger partial charge in [0.05, 0.1) is 0 Å². The first-order valence-corrected chi connectivity index (χ1v) is 6.93. The van der Waals surface area contributed by atoms with Gasteiger partial charge < -0.3 is 16.4 Å². The van der Waals surface area contributed by atoms with Crippen LogP contribution in [0.2, 0.25) is 0 Å². The highest BCUT2D eigenvalue weighted by Crippen LogP contribution is 2.11. The number of anilines is 2. The van der Waals surface area contributed by atoms with E-state index in [1.165, 1.54) is 0 Å². The summed E-state index contributed by atoms with van der Waals surface area (Å²) in [6.07, 6.45) is 1.61. The number of nitrogens with two attached hydrogens (primary N) is 1. The van der Waals surface area contributed by atoms with Gasteiger partial charge in [0.25, 0.3) is 0 Å². The predicted molar refractivity (Wildman–Crippen MR) is 71.4 cm³/mol. The number of carbonyl (C=O) groups is 1. The van der Waals surface area contributed by atoms with E-state index in [0.29, 0.717) is 17.1 Å². The first kappa shape index (κ1) is 13.5. The van der Waals surface area contributed by atoms with Crippen molar-refractivity contribution in [1.82, 2.24) is 5.32 Å². The smallest absolute Gasteiger partial charge is 0.319 e. The van der Waals surface area contributed by atoms with Crippen molar-refractivity contribution in [3.63, 3.8) is 0 Å². The quantitative estimate of drug-likeness (QED) is 0.706. The first-order chi connectivity index (χ1) is 7.97. The van der Waals surface area contributed by atoms with Crippen molar-refractivity contribution >= 4 is 28.2 Å². The van der Waals surface area contributed by atoms with Crippen LogP contribution in [0.25, 0.3) is 0 Å². The van der Waals surface area contributed by atoms with E-state index in [0.717, 1.165) is 0 Å². The molecule has 0 fully saturated rings. The molecule has 0 aliphatic heterocycles. The number of rotatable bonds is 4. The molecule has 0 saturated carbocycles. The van der Waals surface area contributed by atoms with Gasteiger partial charge in [-0.2, -0.15) is 0 Å². The summed E-state index contributed by atoms with van der Waals surface area (Å²) in [5.74, 6) is 0.435. The summed E-state index contributed by atoms with van der Waals surface area (Å²) < 4.78 is 11.0. The molecule has 5 nitrogen and oxygen atoms in total. The van der Waals surface area contributed by atoms with Crippen molar-refractivity contribution in [1.29, 1.82) is 0 Å². The van der Waals surface area contributed by atoms with Gasteiger partial charge in [0.15, 0.2) is 0 Å². The Bertz CT molecular complexity index is 423. The molecule has 0 heterocycles. The predicted octanol–water partition coefficient (Wildman–Crippen LogP) is 1.16. The van der Waals surface area contributed by atoms with Crippen molar-refractivity contribution in [3.8, 4) is 0 Å². The van der Waals surface area contributed by atoms with Crippen LogP contribution in [0.15, 0.2) is 24.3 Å². The molecule has 0 bridgehead atoms. The van der Waals surface area contributed by atoms with E-state index in [9.17, 15) is 9.00 Å². The number of urea groups is 1. The second-order valence-electron chi connectivity index (χ2n) is 3.86. The number of nitrogens with one attached hydrogen (secondary N) is 2.